The molecule has 1 aromatic rings. The molecule has 0 unspecified atom stereocenters. The van der Waals surface area contributed by atoms with Gasteiger partial charge in [0.1, 0.15) is 5.82 Å². The number of piperazine rings is 1. The zero-order valence-corrected chi connectivity index (χ0v) is 11.8. The lowest BCUT2D eigenvalue weighted by Crippen LogP contribution is -2.49. The molecule has 0 spiro atoms. The minimum absolute atomic E-state index is 0.0877. The van der Waals surface area contributed by atoms with Crippen LogP contribution >= 0.6 is 0 Å². The van der Waals surface area contributed by atoms with Gasteiger partial charge in [0.05, 0.1) is 6.54 Å². The van der Waals surface area contributed by atoms with Crippen molar-refractivity contribution < 1.29 is 4.79 Å². The maximum atomic E-state index is 11.7. The second-order valence-corrected chi connectivity index (χ2v) is 4.94. The van der Waals surface area contributed by atoms with Crippen molar-refractivity contribution in [3.05, 3.63) is 24.4 Å². The van der Waals surface area contributed by atoms with Crippen LogP contribution in [0.1, 0.15) is 6.42 Å². The number of carbonyl (C=O) groups excluding carboxylic acids is 1. The van der Waals surface area contributed by atoms with Gasteiger partial charge in [0.15, 0.2) is 0 Å². The number of rotatable bonds is 6. The Balaban J connectivity index is 1.70. The zero-order valence-electron chi connectivity index (χ0n) is 11.8. The van der Waals surface area contributed by atoms with Gasteiger partial charge in [-0.3, -0.25) is 9.69 Å². The fraction of sp³-hybridized carbons (Fsp3) is 0.571. The molecule has 2 rings (SSSR count). The molecule has 0 saturated carbocycles. The Morgan fingerprint density at radius 3 is 2.75 bits per heavy atom. The van der Waals surface area contributed by atoms with Crippen LogP contribution < -0.4 is 16.0 Å². The van der Waals surface area contributed by atoms with Crippen molar-refractivity contribution in [1.29, 1.82) is 0 Å². The summed E-state index contributed by atoms with van der Waals surface area (Å²) in [6.45, 7) is 5.36. The number of anilines is 1. The molecule has 1 aromatic heterocycles. The van der Waals surface area contributed by atoms with Crippen molar-refractivity contribution in [1.82, 2.24) is 15.2 Å². The van der Waals surface area contributed by atoms with Gasteiger partial charge in [-0.15, -0.1) is 0 Å². The SMILES string of the molecule is NCCCNC(=O)CN1CCN(c2ccccn2)CC1. The Hall–Kier alpha value is -1.66. The highest BCUT2D eigenvalue weighted by molar-refractivity contribution is 5.78. The number of hydrogen-bond acceptors (Lipinski definition) is 5. The highest BCUT2D eigenvalue weighted by Gasteiger charge is 2.19. The molecule has 0 aromatic carbocycles. The van der Waals surface area contributed by atoms with Crippen molar-refractivity contribution in [2.24, 2.45) is 5.73 Å². The standard InChI is InChI=1S/C14H23N5O/c15-5-3-7-17-14(20)12-18-8-10-19(11-9-18)13-4-1-2-6-16-13/h1-2,4,6H,3,5,7-12,15H2,(H,17,20). The normalized spacial score (nSPS) is 16.1. The summed E-state index contributed by atoms with van der Waals surface area (Å²) in [6, 6.07) is 5.94. The average Bonchev–Trinajstić information content (AvgIpc) is 2.49. The van der Waals surface area contributed by atoms with Gasteiger partial charge in [-0.1, -0.05) is 6.07 Å². The molecule has 0 aliphatic carbocycles. The number of amides is 1. The smallest absolute Gasteiger partial charge is 0.234 e. The molecule has 20 heavy (non-hydrogen) atoms. The molecule has 3 N–H and O–H groups in total. The number of hydrogen-bond donors (Lipinski definition) is 2. The summed E-state index contributed by atoms with van der Waals surface area (Å²) >= 11 is 0. The van der Waals surface area contributed by atoms with E-state index in [2.05, 4.69) is 20.1 Å². The van der Waals surface area contributed by atoms with Gasteiger partial charge in [0.25, 0.3) is 0 Å². The summed E-state index contributed by atoms with van der Waals surface area (Å²) in [6.07, 6.45) is 2.64. The fourth-order valence-electron chi connectivity index (χ4n) is 2.26. The average molecular weight is 277 g/mol. The molecule has 1 amide bonds. The quantitative estimate of drug-likeness (QED) is 0.696. The molecule has 1 aliphatic heterocycles. The van der Waals surface area contributed by atoms with Crippen molar-refractivity contribution in [3.8, 4) is 0 Å². The summed E-state index contributed by atoms with van der Waals surface area (Å²) < 4.78 is 0. The van der Waals surface area contributed by atoms with Crippen LogP contribution in [0, 0.1) is 0 Å². The number of nitrogens with two attached hydrogens (primary N) is 1. The third-order valence-electron chi connectivity index (χ3n) is 3.42. The van der Waals surface area contributed by atoms with Crippen molar-refractivity contribution >= 4 is 11.7 Å². The van der Waals surface area contributed by atoms with Gasteiger partial charge in [0, 0.05) is 38.9 Å². The number of nitrogens with zero attached hydrogens (tertiary/aromatic N) is 3. The first-order chi connectivity index (χ1) is 9.79. The van der Waals surface area contributed by atoms with Gasteiger partial charge in [0.2, 0.25) is 5.91 Å². The molecule has 2 heterocycles. The van der Waals surface area contributed by atoms with Crippen LogP contribution in [-0.2, 0) is 4.79 Å². The van der Waals surface area contributed by atoms with Gasteiger partial charge < -0.3 is 16.0 Å². The predicted octanol–water partition coefficient (Wildman–Crippen LogP) is -0.331. The van der Waals surface area contributed by atoms with Crippen LogP contribution in [0.4, 0.5) is 5.82 Å². The summed E-state index contributed by atoms with van der Waals surface area (Å²) in [7, 11) is 0. The number of pyridine rings is 1. The first-order valence-corrected chi connectivity index (χ1v) is 7.14. The third-order valence-corrected chi connectivity index (χ3v) is 3.42. The number of carbonyl (C=O) groups is 1. The van der Waals surface area contributed by atoms with Crippen molar-refractivity contribution in [2.75, 3.05) is 50.7 Å². The summed E-state index contributed by atoms with van der Waals surface area (Å²) in [5.41, 5.74) is 5.40. The lowest BCUT2D eigenvalue weighted by molar-refractivity contribution is -0.122. The van der Waals surface area contributed by atoms with E-state index in [1.54, 1.807) is 0 Å². The van der Waals surface area contributed by atoms with Gasteiger partial charge in [-0.25, -0.2) is 4.98 Å². The molecule has 1 fully saturated rings. The Bertz CT molecular complexity index is 403. The molecule has 6 nitrogen and oxygen atoms in total. The van der Waals surface area contributed by atoms with Crippen LogP contribution in [0.15, 0.2) is 24.4 Å². The maximum Gasteiger partial charge on any atom is 0.234 e. The molecule has 0 atom stereocenters. The zero-order chi connectivity index (χ0) is 14.2. The van der Waals surface area contributed by atoms with E-state index in [9.17, 15) is 4.79 Å². The molecule has 6 heteroatoms. The predicted molar refractivity (Wildman–Crippen MR) is 79.6 cm³/mol. The van der Waals surface area contributed by atoms with Crippen LogP contribution in [-0.4, -0.2) is 61.6 Å². The second-order valence-electron chi connectivity index (χ2n) is 4.94. The number of nitrogens with one attached hydrogen (secondary N) is 1. The number of aromatic nitrogens is 1. The highest BCUT2D eigenvalue weighted by Crippen LogP contribution is 2.11. The van der Waals surface area contributed by atoms with Crippen molar-refractivity contribution in [2.45, 2.75) is 6.42 Å². The van der Waals surface area contributed by atoms with E-state index in [0.717, 1.165) is 38.4 Å². The van der Waals surface area contributed by atoms with E-state index in [4.69, 9.17) is 5.73 Å². The van der Waals surface area contributed by atoms with Crippen molar-refractivity contribution in [3.63, 3.8) is 0 Å². The summed E-state index contributed by atoms with van der Waals surface area (Å²) in [4.78, 5) is 20.5. The Kier molecular flexibility index (Phi) is 5.76. The molecule has 0 bridgehead atoms. The van der Waals surface area contributed by atoms with E-state index in [0.29, 0.717) is 19.6 Å². The molecule has 1 aliphatic rings. The van der Waals surface area contributed by atoms with E-state index in [1.165, 1.54) is 0 Å². The van der Waals surface area contributed by atoms with E-state index < -0.39 is 0 Å². The molecule has 1 saturated heterocycles. The van der Waals surface area contributed by atoms with Crippen LogP contribution in [0.2, 0.25) is 0 Å². The Labute approximate surface area is 120 Å². The van der Waals surface area contributed by atoms with Gasteiger partial charge in [-0.2, -0.15) is 0 Å². The lowest BCUT2D eigenvalue weighted by Gasteiger charge is -2.34. The Morgan fingerprint density at radius 2 is 2.10 bits per heavy atom. The minimum atomic E-state index is 0.0877. The topological polar surface area (TPSA) is 74.5 Å². The van der Waals surface area contributed by atoms with Gasteiger partial charge >= 0.3 is 0 Å². The monoisotopic (exact) mass is 277 g/mol. The van der Waals surface area contributed by atoms with E-state index in [-0.39, 0.29) is 5.91 Å². The van der Waals surface area contributed by atoms with Gasteiger partial charge in [-0.05, 0) is 25.1 Å². The summed E-state index contributed by atoms with van der Waals surface area (Å²) in [5, 5.41) is 2.89. The second kappa shape index (κ2) is 7.81. The summed E-state index contributed by atoms with van der Waals surface area (Å²) in [5.74, 6) is 1.10. The first-order valence-electron chi connectivity index (χ1n) is 7.14. The molecule has 0 radical (unpaired) electrons. The molecular weight excluding hydrogens is 254 g/mol. The third kappa shape index (κ3) is 4.47. The Morgan fingerprint density at radius 1 is 1.30 bits per heavy atom. The van der Waals surface area contributed by atoms with E-state index >= 15 is 0 Å². The largest absolute Gasteiger partial charge is 0.355 e. The molecular formula is C14H23N5O. The van der Waals surface area contributed by atoms with E-state index in [1.807, 2.05) is 24.4 Å². The fourth-order valence-corrected chi connectivity index (χ4v) is 2.26. The lowest BCUT2D eigenvalue weighted by atomic mass is 10.3. The minimum Gasteiger partial charge on any atom is -0.355 e. The van der Waals surface area contributed by atoms with Crippen LogP contribution in [0.25, 0.3) is 0 Å². The highest BCUT2D eigenvalue weighted by atomic mass is 16.2. The maximum absolute atomic E-state index is 11.7. The molecule has 110 valence electrons. The van der Waals surface area contributed by atoms with Crippen LogP contribution in [0.3, 0.4) is 0 Å². The first kappa shape index (κ1) is 14.7. The van der Waals surface area contributed by atoms with Crippen LogP contribution in [0.5, 0.6) is 0 Å².